The molecule has 0 saturated carbocycles. The van der Waals surface area contributed by atoms with Gasteiger partial charge in [0.05, 0.1) is 0 Å². The van der Waals surface area contributed by atoms with E-state index in [1.165, 1.54) is 17.7 Å². The Bertz CT molecular complexity index is 417. The topological polar surface area (TPSA) is 3.24 Å². The number of allylic oxidation sites excluding steroid dienone is 3. The number of hydrogen-bond donors (Lipinski definition) is 0. The van der Waals surface area contributed by atoms with Gasteiger partial charge in [-0.05, 0) is 31.2 Å². The van der Waals surface area contributed by atoms with E-state index in [0.29, 0.717) is 5.92 Å². The molecule has 0 fully saturated rings. The predicted octanol–water partition coefficient (Wildman–Crippen LogP) is 5.01. The molecule has 0 aliphatic carbocycles. The molecule has 0 aliphatic heterocycles. The maximum absolute atomic E-state index is 4.05. The zero-order valence-electron chi connectivity index (χ0n) is 12.8. The molecule has 1 heteroatoms. The summed E-state index contributed by atoms with van der Waals surface area (Å²) in [5.74, 6) is 0.618. The number of nitrogens with zero attached hydrogens (tertiary/aromatic N) is 1. The molecule has 1 unspecified atom stereocenters. The van der Waals surface area contributed by atoms with E-state index >= 15 is 0 Å². The SMILES string of the molecule is C=C(C)N(C)/C(=C\C(C)CC)CCc1ccccc1. The van der Waals surface area contributed by atoms with Crippen LogP contribution < -0.4 is 0 Å². The Morgan fingerprint density at radius 1 is 1.32 bits per heavy atom. The molecule has 0 heterocycles. The number of rotatable bonds is 7. The molecule has 1 nitrogen and oxygen atoms in total. The molecule has 104 valence electrons. The third kappa shape index (κ3) is 5.34. The van der Waals surface area contributed by atoms with Crippen LogP contribution in [0.1, 0.15) is 39.2 Å². The van der Waals surface area contributed by atoms with Gasteiger partial charge in [0, 0.05) is 18.4 Å². The Labute approximate surface area is 118 Å². The molecule has 0 radical (unpaired) electrons. The van der Waals surface area contributed by atoms with Crippen molar-refractivity contribution in [2.75, 3.05) is 7.05 Å². The second-order valence-electron chi connectivity index (χ2n) is 5.32. The van der Waals surface area contributed by atoms with Crippen molar-refractivity contribution in [3.63, 3.8) is 0 Å². The van der Waals surface area contributed by atoms with Crippen molar-refractivity contribution in [3.05, 3.63) is 59.9 Å². The zero-order chi connectivity index (χ0) is 14.3. The fourth-order valence-corrected chi connectivity index (χ4v) is 1.97. The van der Waals surface area contributed by atoms with Crippen LogP contribution in [-0.2, 0) is 6.42 Å². The van der Waals surface area contributed by atoms with E-state index in [4.69, 9.17) is 0 Å². The monoisotopic (exact) mass is 257 g/mol. The first-order valence-electron chi connectivity index (χ1n) is 7.18. The summed E-state index contributed by atoms with van der Waals surface area (Å²) in [4.78, 5) is 2.22. The minimum atomic E-state index is 0.618. The summed E-state index contributed by atoms with van der Waals surface area (Å²) in [5.41, 5.74) is 3.88. The van der Waals surface area contributed by atoms with E-state index in [1.807, 2.05) is 0 Å². The summed E-state index contributed by atoms with van der Waals surface area (Å²) >= 11 is 0. The molecule has 0 N–H and O–H groups in total. The van der Waals surface area contributed by atoms with Crippen LogP contribution in [-0.4, -0.2) is 11.9 Å². The smallest absolute Gasteiger partial charge is 0.0139 e. The molecule has 1 aromatic rings. The highest BCUT2D eigenvalue weighted by atomic mass is 15.1. The maximum Gasteiger partial charge on any atom is 0.0139 e. The van der Waals surface area contributed by atoms with Gasteiger partial charge in [0.1, 0.15) is 0 Å². The third-order valence-corrected chi connectivity index (χ3v) is 3.64. The average Bonchev–Trinajstić information content (AvgIpc) is 2.43. The van der Waals surface area contributed by atoms with E-state index < -0.39 is 0 Å². The van der Waals surface area contributed by atoms with Gasteiger partial charge in [0.25, 0.3) is 0 Å². The van der Waals surface area contributed by atoms with Crippen molar-refractivity contribution in [2.45, 2.75) is 40.0 Å². The Kier molecular flexibility index (Phi) is 6.41. The molecule has 0 saturated heterocycles. The van der Waals surface area contributed by atoms with Crippen LogP contribution in [0.5, 0.6) is 0 Å². The fourth-order valence-electron chi connectivity index (χ4n) is 1.97. The summed E-state index contributed by atoms with van der Waals surface area (Å²) in [5, 5.41) is 0. The number of benzene rings is 1. The highest BCUT2D eigenvalue weighted by Gasteiger charge is 2.07. The highest BCUT2D eigenvalue weighted by Crippen LogP contribution is 2.19. The summed E-state index contributed by atoms with van der Waals surface area (Å²) in [7, 11) is 2.11. The summed E-state index contributed by atoms with van der Waals surface area (Å²) in [6, 6.07) is 10.7. The van der Waals surface area contributed by atoms with Crippen molar-refractivity contribution in [1.82, 2.24) is 4.90 Å². The minimum absolute atomic E-state index is 0.618. The Morgan fingerprint density at radius 2 is 1.95 bits per heavy atom. The lowest BCUT2D eigenvalue weighted by Gasteiger charge is -2.24. The van der Waals surface area contributed by atoms with E-state index in [1.54, 1.807) is 0 Å². The van der Waals surface area contributed by atoms with Gasteiger partial charge >= 0.3 is 0 Å². The minimum Gasteiger partial charge on any atom is -0.353 e. The Balaban J connectivity index is 2.75. The van der Waals surface area contributed by atoms with Gasteiger partial charge in [-0.2, -0.15) is 0 Å². The molecule has 0 aromatic heterocycles. The second kappa shape index (κ2) is 7.83. The molecule has 0 amide bonds. The second-order valence-corrected chi connectivity index (χ2v) is 5.32. The van der Waals surface area contributed by atoms with Crippen LogP contribution in [0, 0.1) is 5.92 Å². The van der Waals surface area contributed by atoms with Gasteiger partial charge in [0.2, 0.25) is 0 Å². The lowest BCUT2D eigenvalue weighted by Crippen LogP contribution is -2.16. The van der Waals surface area contributed by atoms with Gasteiger partial charge < -0.3 is 4.90 Å². The van der Waals surface area contributed by atoms with Crippen molar-refractivity contribution < 1.29 is 0 Å². The molecular weight excluding hydrogens is 230 g/mol. The lowest BCUT2D eigenvalue weighted by molar-refractivity contribution is 0.485. The lowest BCUT2D eigenvalue weighted by atomic mass is 10.0. The van der Waals surface area contributed by atoms with E-state index in [-0.39, 0.29) is 0 Å². The van der Waals surface area contributed by atoms with Crippen LogP contribution in [0.25, 0.3) is 0 Å². The highest BCUT2D eigenvalue weighted by molar-refractivity contribution is 5.18. The normalized spacial score (nSPS) is 13.2. The van der Waals surface area contributed by atoms with Gasteiger partial charge in [-0.25, -0.2) is 0 Å². The number of aryl methyl sites for hydroxylation is 1. The van der Waals surface area contributed by atoms with Gasteiger partial charge in [-0.15, -0.1) is 0 Å². The first-order valence-corrected chi connectivity index (χ1v) is 7.18. The van der Waals surface area contributed by atoms with Crippen molar-refractivity contribution in [2.24, 2.45) is 5.92 Å². The van der Waals surface area contributed by atoms with Crippen LogP contribution in [0.15, 0.2) is 54.4 Å². The van der Waals surface area contributed by atoms with Crippen molar-refractivity contribution >= 4 is 0 Å². The van der Waals surface area contributed by atoms with Gasteiger partial charge in [-0.3, -0.25) is 0 Å². The zero-order valence-corrected chi connectivity index (χ0v) is 12.8. The van der Waals surface area contributed by atoms with Crippen LogP contribution in [0.3, 0.4) is 0 Å². The summed E-state index contributed by atoms with van der Waals surface area (Å²) in [6.07, 6.45) is 5.72. The summed E-state index contributed by atoms with van der Waals surface area (Å²) in [6.45, 7) is 10.6. The quantitative estimate of drug-likeness (QED) is 0.663. The molecule has 0 aliphatic rings. The standard InChI is InChI=1S/C18H27N/c1-6-16(4)14-18(19(5)15(2)3)13-12-17-10-8-7-9-11-17/h7-11,14,16H,2,6,12-13H2,1,3-5H3/b18-14-. The van der Waals surface area contributed by atoms with Crippen molar-refractivity contribution in [1.29, 1.82) is 0 Å². The molecule has 1 rings (SSSR count). The van der Waals surface area contributed by atoms with Gasteiger partial charge in [-0.1, -0.05) is 63.3 Å². The number of hydrogen-bond acceptors (Lipinski definition) is 1. The predicted molar refractivity (Wildman–Crippen MR) is 84.9 cm³/mol. The largest absolute Gasteiger partial charge is 0.353 e. The fraction of sp³-hybridized carbons (Fsp3) is 0.444. The average molecular weight is 257 g/mol. The molecule has 1 aromatic carbocycles. The Morgan fingerprint density at radius 3 is 2.47 bits per heavy atom. The first-order chi connectivity index (χ1) is 9.04. The summed E-state index contributed by atoms with van der Waals surface area (Å²) < 4.78 is 0. The molecule has 1 atom stereocenters. The van der Waals surface area contributed by atoms with E-state index in [0.717, 1.165) is 18.5 Å². The van der Waals surface area contributed by atoms with Crippen LogP contribution >= 0.6 is 0 Å². The molecular formula is C18H27N. The molecule has 0 spiro atoms. The van der Waals surface area contributed by atoms with Crippen LogP contribution in [0.2, 0.25) is 0 Å². The van der Waals surface area contributed by atoms with E-state index in [2.05, 4.69) is 75.7 Å². The third-order valence-electron chi connectivity index (χ3n) is 3.64. The Hall–Kier alpha value is -1.50. The first kappa shape index (κ1) is 15.6. The van der Waals surface area contributed by atoms with E-state index in [9.17, 15) is 0 Å². The molecule has 0 bridgehead atoms. The molecule has 19 heavy (non-hydrogen) atoms. The van der Waals surface area contributed by atoms with Crippen molar-refractivity contribution in [3.8, 4) is 0 Å². The van der Waals surface area contributed by atoms with Gasteiger partial charge in [0.15, 0.2) is 0 Å². The maximum atomic E-state index is 4.05. The van der Waals surface area contributed by atoms with Crippen LogP contribution in [0.4, 0.5) is 0 Å².